The molecule has 2 aromatic rings. The van der Waals surface area contributed by atoms with Crippen molar-refractivity contribution in [2.45, 2.75) is 43.6 Å². The Morgan fingerprint density at radius 3 is 2.16 bits per heavy atom. The Hall–Kier alpha value is -4.23. The van der Waals surface area contributed by atoms with Crippen molar-refractivity contribution < 1.29 is 14.4 Å². The Morgan fingerprint density at radius 2 is 1.66 bits per heavy atom. The molecule has 38 heavy (non-hydrogen) atoms. The number of carbonyl (C=O) groups is 3. The summed E-state index contributed by atoms with van der Waals surface area (Å²) >= 11 is 0. The van der Waals surface area contributed by atoms with Crippen molar-refractivity contribution in [3.63, 3.8) is 0 Å². The Bertz CT molecular complexity index is 1260. The number of carbonyl (C=O) groups excluding carboxylic acids is 3. The first-order valence-corrected chi connectivity index (χ1v) is 12.8. The van der Waals surface area contributed by atoms with Crippen LogP contribution in [0.5, 0.6) is 0 Å². The topological polar surface area (TPSA) is 178 Å². The Balaban J connectivity index is 1.72. The van der Waals surface area contributed by atoms with Gasteiger partial charge in [-0.25, -0.2) is 0 Å². The van der Waals surface area contributed by atoms with Crippen LogP contribution >= 0.6 is 0 Å². The number of primary amides is 2. The van der Waals surface area contributed by atoms with Gasteiger partial charge in [0.05, 0.1) is 18.0 Å². The lowest BCUT2D eigenvalue weighted by atomic mass is 9.68. The summed E-state index contributed by atoms with van der Waals surface area (Å²) in [6.07, 6.45) is 3.11. The summed E-state index contributed by atoms with van der Waals surface area (Å²) in [6, 6.07) is 12.4. The number of rotatable bonds is 8. The van der Waals surface area contributed by atoms with Crippen molar-refractivity contribution >= 4 is 23.6 Å². The minimum Gasteiger partial charge on any atom is -0.376 e. The third-order valence-corrected chi connectivity index (χ3v) is 7.71. The van der Waals surface area contributed by atoms with E-state index in [1.165, 1.54) is 0 Å². The van der Waals surface area contributed by atoms with E-state index in [4.69, 9.17) is 16.9 Å². The highest BCUT2D eigenvalue weighted by Crippen LogP contribution is 2.43. The van der Waals surface area contributed by atoms with E-state index in [0.29, 0.717) is 49.9 Å². The normalized spacial score (nSPS) is 17.5. The molecule has 198 valence electrons. The quantitative estimate of drug-likeness (QED) is 0.198. The molecule has 0 saturated carbocycles. The number of amides is 3. The first-order valence-electron chi connectivity index (χ1n) is 12.8. The van der Waals surface area contributed by atoms with Gasteiger partial charge in [0.1, 0.15) is 11.9 Å². The number of benzene rings is 2. The number of likely N-dealkylation sites (tertiary alicyclic amines) is 1. The smallest absolute Gasteiger partial charge is 0.248 e. The van der Waals surface area contributed by atoms with Gasteiger partial charge in [-0.1, -0.05) is 12.1 Å². The molecule has 1 fully saturated rings. The van der Waals surface area contributed by atoms with Gasteiger partial charge in [-0.05, 0) is 85.2 Å². The van der Waals surface area contributed by atoms with Crippen molar-refractivity contribution in [3.05, 3.63) is 69.8 Å². The van der Waals surface area contributed by atoms with Crippen LogP contribution < -0.4 is 22.1 Å². The van der Waals surface area contributed by atoms with E-state index in [1.54, 1.807) is 36.2 Å². The predicted molar refractivity (Wildman–Crippen MR) is 143 cm³/mol. The molecule has 10 nitrogen and oxygen atoms in total. The number of nitriles is 1. The molecule has 2 aliphatic rings. The second-order valence-corrected chi connectivity index (χ2v) is 9.80. The second-order valence-electron chi connectivity index (χ2n) is 9.80. The standard InChI is InChI=1S/C28H33N7O3/c1-33-27(32)28(10-11-34-16-24(36)35-12-2-3-21(35)15-29)22-8-6-19(25(30)37)13-17(22)4-5-18-14-20(26(31)38)7-9-23(18)28/h6-9,13-14,21,34H,2-5,10-12,16H2,1H3,(H2,30,37)(H2,31,38)(H2,32,33)/t21-/m0/s1. The summed E-state index contributed by atoms with van der Waals surface area (Å²) in [5.41, 5.74) is 14.5. The van der Waals surface area contributed by atoms with E-state index < -0.39 is 17.2 Å². The van der Waals surface area contributed by atoms with Gasteiger partial charge in [-0.2, -0.15) is 5.26 Å². The van der Waals surface area contributed by atoms with Crippen LogP contribution in [0.2, 0.25) is 0 Å². The van der Waals surface area contributed by atoms with Crippen molar-refractivity contribution in [2.24, 2.45) is 11.5 Å². The van der Waals surface area contributed by atoms with Gasteiger partial charge >= 0.3 is 0 Å². The number of fused-ring (bicyclic) bond motifs is 2. The van der Waals surface area contributed by atoms with Gasteiger partial charge < -0.3 is 27.0 Å². The number of nitrogens with zero attached hydrogens (tertiary/aromatic N) is 2. The average molecular weight is 516 g/mol. The van der Waals surface area contributed by atoms with Gasteiger partial charge in [0.2, 0.25) is 17.7 Å². The number of nitrogens with one attached hydrogen (secondary N) is 3. The highest BCUT2D eigenvalue weighted by atomic mass is 16.2. The van der Waals surface area contributed by atoms with Gasteiger partial charge in [-0.3, -0.25) is 19.8 Å². The summed E-state index contributed by atoms with van der Waals surface area (Å²) in [6.45, 7) is 1.06. The zero-order chi connectivity index (χ0) is 27.4. The summed E-state index contributed by atoms with van der Waals surface area (Å²) in [5.74, 6) is -0.932. The fourth-order valence-corrected chi connectivity index (χ4v) is 5.80. The molecule has 1 saturated heterocycles. The molecule has 0 unspecified atom stereocenters. The van der Waals surface area contributed by atoms with Crippen molar-refractivity contribution in [3.8, 4) is 6.07 Å². The third-order valence-electron chi connectivity index (χ3n) is 7.71. The monoisotopic (exact) mass is 515 g/mol. The van der Waals surface area contributed by atoms with Crippen molar-refractivity contribution in [1.82, 2.24) is 15.5 Å². The van der Waals surface area contributed by atoms with Gasteiger partial charge in [0, 0.05) is 24.7 Å². The number of hydrogen-bond donors (Lipinski definition) is 5. The first-order chi connectivity index (χ1) is 18.2. The highest BCUT2D eigenvalue weighted by molar-refractivity contribution is 5.98. The molecule has 1 heterocycles. The molecule has 4 rings (SSSR count). The second kappa shape index (κ2) is 11.0. The molecule has 1 aliphatic heterocycles. The zero-order valence-electron chi connectivity index (χ0n) is 21.5. The average Bonchev–Trinajstić information content (AvgIpc) is 3.35. The number of nitrogens with two attached hydrogens (primary N) is 2. The maximum atomic E-state index is 12.8. The molecule has 3 amide bonds. The maximum absolute atomic E-state index is 12.8. The van der Waals surface area contributed by atoms with Crippen LogP contribution in [0.3, 0.4) is 0 Å². The third kappa shape index (κ3) is 4.85. The van der Waals surface area contributed by atoms with Crippen molar-refractivity contribution in [1.29, 1.82) is 10.7 Å². The largest absolute Gasteiger partial charge is 0.376 e. The molecular weight excluding hydrogens is 482 g/mol. The molecule has 7 N–H and O–H groups in total. The number of aryl methyl sites for hydroxylation is 2. The minimum atomic E-state index is -0.943. The summed E-state index contributed by atoms with van der Waals surface area (Å²) in [7, 11) is 1.69. The van der Waals surface area contributed by atoms with Crippen LogP contribution in [-0.4, -0.2) is 61.2 Å². The van der Waals surface area contributed by atoms with Crippen LogP contribution in [0.1, 0.15) is 62.2 Å². The summed E-state index contributed by atoms with van der Waals surface area (Å²) < 4.78 is 0. The maximum Gasteiger partial charge on any atom is 0.248 e. The van der Waals surface area contributed by atoms with Gasteiger partial charge in [0.25, 0.3) is 0 Å². The molecule has 0 spiro atoms. The Labute approximate surface area is 221 Å². The Kier molecular flexibility index (Phi) is 7.78. The molecule has 10 heteroatoms. The number of amidine groups is 1. The molecule has 0 aromatic heterocycles. The van der Waals surface area contributed by atoms with Gasteiger partial charge in [-0.15, -0.1) is 0 Å². The van der Waals surface area contributed by atoms with E-state index in [-0.39, 0.29) is 24.3 Å². The van der Waals surface area contributed by atoms with Crippen molar-refractivity contribution in [2.75, 3.05) is 26.7 Å². The molecule has 0 radical (unpaired) electrons. The van der Waals surface area contributed by atoms with E-state index in [0.717, 1.165) is 28.7 Å². The molecule has 1 atom stereocenters. The summed E-state index contributed by atoms with van der Waals surface area (Å²) in [5, 5.41) is 24.7. The molecule has 2 aromatic carbocycles. The van der Waals surface area contributed by atoms with Crippen LogP contribution in [0, 0.1) is 16.7 Å². The van der Waals surface area contributed by atoms with Crippen LogP contribution in [0.4, 0.5) is 0 Å². The first kappa shape index (κ1) is 26.8. The van der Waals surface area contributed by atoms with Gasteiger partial charge in [0.15, 0.2) is 0 Å². The predicted octanol–water partition coefficient (Wildman–Crippen LogP) is 0.960. The molecular formula is C28H33N7O3. The lowest BCUT2D eigenvalue weighted by molar-refractivity contribution is -0.130. The molecule has 0 bridgehead atoms. The minimum absolute atomic E-state index is 0.0854. The van der Waals surface area contributed by atoms with Crippen LogP contribution in [0.25, 0.3) is 0 Å². The van der Waals surface area contributed by atoms with E-state index in [1.807, 2.05) is 12.1 Å². The lowest BCUT2D eigenvalue weighted by Crippen LogP contribution is -2.47. The molecule has 1 aliphatic carbocycles. The zero-order valence-corrected chi connectivity index (χ0v) is 21.5. The number of hydrogen-bond acceptors (Lipinski definition) is 6. The lowest BCUT2D eigenvalue weighted by Gasteiger charge is -2.37. The fourth-order valence-electron chi connectivity index (χ4n) is 5.80. The number of likely N-dealkylation sites (N-methyl/N-ethyl adjacent to an activating group) is 1. The van der Waals surface area contributed by atoms with E-state index >= 15 is 0 Å². The van der Waals surface area contributed by atoms with Crippen LogP contribution in [-0.2, 0) is 23.1 Å². The van der Waals surface area contributed by atoms with E-state index in [2.05, 4.69) is 16.7 Å². The SMILES string of the molecule is CNC(=N)C1(CCNCC(=O)N2CCC[C@H]2C#N)c2ccc(C(N)=O)cc2CCc2cc(C(N)=O)ccc21. The Morgan fingerprint density at radius 1 is 1.08 bits per heavy atom. The fraction of sp³-hybridized carbons (Fsp3) is 0.393. The highest BCUT2D eigenvalue weighted by Gasteiger charge is 2.43. The summed E-state index contributed by atoms with van der Waals surface area (Å²) in [4.78, 5) is 38.3. The van der Waals surface area contributed by atoms with E-state index in [9.17, 15) is 19.6 Å². The van der Waals surface area contributed by atoms with Crippen LogP contribution in [0.15, 0.2) is 36.4 Å².